The van der Waals surface area contributed by atoms with Gasteiger partial charge in [0.2, 0.25) is 5.91 Å². The van der Waals surface area contributed by atoms with E-state index < -0.39 is 0 Å². The van der Waals surface area contributed by atoms with Gasteiger partial charge in [0.15, 0.2) is 11.0 Å². The zero-order chi connectivity index (χ0) is 26.4. The third kappa shape index (κ3) is 4.66. The first-order valence-corrected chi connectivity index (χ1v) is 12.9. The Morgan fingerprint density at radius 3 is 2.74 bits per heavy atom. The summed E-state index contributed by atoms with van der Waals surface area (Å²) in [6, 6.07) is 12.8. The van der Waals surface area contributed by atoms with E-state index in [1.54, 1.807) is 24.7 Å². The average molecular weight is 526 g/mol. The molecule has 6 rings (SSSR count). The maximum Gasteiger partial charge on any atom is 0.224 e. The molecule has 190 valence electrons. The number of amides is 1. The number of H-pyrrole nitrogens is 2. The molecule has 5 heterocycles. The molecule has 0 saturated heterocycles. The van der Waals surface area contributed by atoms with Crippen molar-refractivity contribution in [3.05, 3.63) is 66.2 Å². The second-order valence-electron chi connectivity index (χ2n) is 10.3. The quantitative estimate of drug-likeness (QED) is 0.229. The summed E-state index contributed by atoms with van der Waals surface area (Å²) in [7, 11) is 0. The van der Waals surface area contributed by atoms with Gasteiger partial charge < -0.3 is 10.3 Å². The summed E-state index contributed by atoms with van der Waals surface area (Å²) < 4.78 is 13.7. The van der Waals surface area contributed by atoms with Crippen LogP contribution >= 0.6 is 11.3 Å². The zero-order valence-electron chi connectivity index (χ0n) is 21.0. The molecule has 3 N–H and O–H groups in total. The Bertz CT molecular complexity index is 1810. The minimum Gasteiger partial charge on any atom is -0.337 e. The molecule has 0 radical (unpaired) electrons. The molecule has 0 bridgehead atoms. The fraction of sp³-hybridized carbons (Fsp3) is 0.179. The number of pyridine rings is 2. The lowest BCUT2D eigenvalue weighted by Gasteiger charge is -2.17. The van der Waals surface area contributed by atoms with Gasteiger partial charge in [-0.25, -0.2) is 4.98 Å². The number of hydrogen-bond acceptors (Lipinski definition) is 6. The third-order valence-electron chi connectivity index (χ3n) is 6.03. The van der Waals surface area contributed by atoms with E-state index in [1.165, 1.54) is 6.07 Å². The lowest BCUT2D eigenvalue weighted by atomic mass is 9.92. The van der Waals surface area contributed by atoms with E-state index in [0.29, 0.717) is 29.3 Å². The van der Waals surface area contributed by atoms with Gasteiger partial charge in [0.05, 0.1) is 40.3 Å². The number of thiophene rings is 1. The number of halogens is 1. The molecule has 38 heavy (non-hydrogen) atoms. The first kappa shape index (κ1) is 23.9. The molecule has 5 aromatic heterocycles. The molecule has 0 unspecified atom stereocenters. The molecule has 0 atom stereocenters. The van der Waals surface area contributed by atoms with Gasteiger partial charge in [0.1, 0.15) is 5.69 Å². The van der Waals surface area contributed by atoms with Crippen molar-refractivity contribution < 1.29 is 9.18 Å². The fourth-order valence-electron chi connectivity index (χ4n) is 4.39. The second-order valence-corrected chi connectivity index (χ2v) is 11.4. The van der Waals surface area contributed by atoms with Crippen LogP contribution in [0.2, 0.25) is 0 Å². The Morgan fingerprint density at radius 1 is 1.08 bits per heavy atom. The van der Waals surface area contributed by atoms with E-state index >= 15 is 0 Å². The number of hydrogen-bond donors (Lipinski definition) is 3. The number of nitrogens with zero attached hydrogens (tertiary/aromatic N) is 4. The van der Waals surface area contributed by atoms with Crippen LogP contribution in [0.1, 0.15) is 27.2 Å². The third-order valence-corrected chi connectivity index (χ3v) is 6.94. The van der Waals surface area contributed by atoms with Crippen LogP contribution in [0.4, 0.5) is 10.1 Å². The molecular formula is C28H24FN7OS. The van der Waals surface area contributed by atoms with Gasteiger partial charge in [-0.3, -0.25) is 19.9 Å². The summed E-state index contributed by atoms with van der Waals surface area (Å²) in [5.74, 6) is 0.528. The first-order valence-electron chi connectivity index (χ1n) is 12.1. The van der Waals surface area contributed by atoms with Crippen molar-refractivity contribution in [1.82, 2.24) is 30.1 Å². The van der Waals surface area contributed by atoms with Crippen molar-refractivity contribution in [1.29, 1.82) is 0 Å². The number of aromatic amines is 2. The summed E-state index contributed by atoms with van der Waals surface area (Å²) in [6.07, 6.45) is 5.45. The number of anilines is 1. The fourth-order valence-corrected chi connectivity index (χ4v) is 5.15. The molecule has 10 heteroatoms. The highest BCUT2D eigenvalue weighted by Crippen LogP contribution is 2.35. The number of imidazole rings is 1. The number of fused-ring (bicyclic) bond motifs is 2. The number of nitrogens with one attached hydrogen (secondary N) is 3. The molecule has 0 fully saturated rings. The van der Waals surface area contributed by atoms with E-state index in [4.69, 9.17) is 4.98 Å². The summed E-state index contributed by atoms with van der Waals surface area (Å²) >= 11 is 1.09. The molecule has 1 aromatic carbocycles. The standard InChI is InChI=1S/C28H24FN7OS/c1-28(2,3)11-24(37)32-16-9-15(12-30-13-16)20-10-18-21(14-31-20)35-36-26(18)27-33-19-6-4-5-17(25(19)34-27)22-7-8-23(29)38-22/h4-10,12-14H,11H2,1-3H3,(H,32,37)(H,33,34)(H,35,36). The maximum absolute atomic E-state index is 13.7. The van der Waals surface area contributed by atoms with Gasteiger partial charge in [0, 0.05) is 34.0 Å². The topological polar surface area (TPSA) is 112 Å². The van der Waals surface area contributed by atoms with E-state index in [1.807, 2.05) is 51.1 Å². The largest absolute Gasteiger partial charge is 0.337 e. The predicted molar refractivity (Wildman–Crippen MR) is 148 cm³/mol. The Hall–Kier alpha value is -4.44. The number of carbonyl (C=O) groups excluding carboxylic acids is 1. The molecule has 8 nitrogen and oxygen atoms in total. The van der Waals surface area contributed by atoms with Crippen LogP contribution in [0.3, 0.4) is 0 Å². The number of carbonyl (C=O) groups is 1. The SMILES string of the molecule is CC(C)(C)CC(=O)Nc1cncc(-c2cc3c(-c4nc5c(-c6ccc(F)s6)cccc5[nH]4)n[nH]c3cn2)c1. The zero-order valence-corrected chi connectivity index (χ0v) is 21.8. The second kappa shape index (κ2) is 9.14. The van der Waals surface area contributed by atoms with Crippen LogP contribution in [0.15, 0.2) is 61.1 Å². The average Bonchev–Trinajstić information content (AvgIpc) is 3.60. The Labute approximate surface area is 221 Å². The Morgan fingerprint density at radius 2 is 1.95 bits per heavy atom. The monoisotopic (exact) mass is 525 g/mol. The number of para-hydroxylation sites is 1. The highest BCUT2D eigenvalue weighted by Gasteiger charge is 2.18. The highest BCUT2D eigenvalue weighted by molar-refractivity contribution is 7.14. The van der Waals surface area contributed by atoms with Crippen molar-refractivity contribution in [2.75, 3.05) is 5.32 Å². The molecule has 0 aliphatic rings. The van der Waals surface area contributed by atoms with E-state index in [0.717, 1.165) is 49.3 Å². The summed E-state index contributed by atoms with van der Waals surface area (Å²) in [6.45, 7) is 6.06. The minimum absolute atomic E-state index is 0.0634. The van der Waals surface area contributed by atoms with Crippen LogP contribution in [0.5, 0.6) is 0 Å². The molecule has 0 saturated carbocycles. The summed E-state index contributed by atoms with van der Waals surface area (Å²) in [5, 5.41) is 11.1. The lowest BCUT2D eigenvalue weighted by molar-refractivity contribution is -0.117. The van der Waals surface area contributed by atoms with Crippen molar-refractivity contribution >= 4 is 44.9 Å². The van der Waals surface area contributed by atoms with Gasteiger partial charge >= 0.3 is 0 Å². The van der Waals surface area contributed by atoms with Crippen molar-refractivity contribution in [2.24, 2.45) is 5.41 Å². The van der Waals surface area contributed by atoms with Crippen LogP contribution in [-0.2, 0) is 4.79 Å². The molecule has 6 aromatic rings. The summed E-state index contributed by atoms with van der Waals surface area (Å²) in [4.78, 5) is 30.3. The van der Waals surface area contributed by atoms with Crippen LogP contribution < -0.4 is 5.32 Å². The lowest BCUT2D eigenvalue weighted by Crippen LogP contribution is -2.19. The number of benzene rings is 1. The molecule has 0 aliphatic carbocycles. The van der Waals surface area contributed by atoms with Gasteiger partial charge in [0.25, 0.3) is 0 Å². The van der Waals surface area contributed by atoms with Crippen LogP contribution in [0, 0.1) is 10.5 Å². The predicted octanol–water partition coefficient (Wildman–Crippen LogP) is 6.81. The Kier molecular flexibility index (Phi) is 5.76. The minimum atomic E-state index is -0.238. The molecule has 0 aliphatic heterocycles. The van der Waals surface area contributed by atoms with Crippen molar-refractivity contribution in [3.63, 3.8) is 0 Å². The Balaban J connectivity index is 1.36. The van der Waals surface area contributed by atoms with Crippen molar-refractivity contribution in [3.8, 4) is 33.2 Å². The highest BCUT2D eigenvalue weighted by atomic mass is 32.1. The normalized spacial score (nSPS) is 11.9. The molecular weight excluding hydrogens is 501 g/mol. The molecule has 0 spiro atoms. The van der Waals surface area contributed by atoms with E-state index in [2.05, 4.69) is 30.5 Å². The van der Waals surface area contributed by atoms with Gasteiger partial charge in [-0.2, -0.15) is 9.49 Å². The molecule has 1 amide bonds. The van der Waals surface area contributed by atoms with Gasteiger partial charge in [-0.05, 0) is 35.7 Å². The van der Waals surface area contributed by atoms with Crippen LogP contribution in [-0.4, -0.2) is 36.0 Å². The van der Waals surface area contributed by atoms with Crippen LogP contribution in [0.25, 0.3) is 55.2 Å². The number of aromatic nitrogens is 6. The van der Waals surface area contributed by atoms with Gasteiger partial charge in [-0.15, -0.1) is 11.3 Å². The van der Waals surface area contributed by atoms with E-state index in [9.17, 15) is 9.18 Å². The van der Waals surface area contributed by atoms with Gasteiger partial charge in [-0.1, -0.05) is 32.9 Å². The first-order chi connectivity index (χ1) is 18.2. The van der Waals surface area contributed by atoms with Crippen molar-refractivity contribution in [2.45, 2.75) is 27.2 Å². The number of rotatable bonds is 5. The summed E-state index contributed by atoms with van der Waals surface area (Å²) in [5.41, 5.74) is 5.79. The maximum atomic E-state index is 13.7. The van der Waals surface area contributed by atoms with E-state index in [-0.39, 0.29) is 16.5 Å². The smallest absolute Gasteiger partial charge is 0.224 e.